The van der Waals surface area contributed by atoms with Gasteiger partial charge in [-0.3, -0.25) is 0 Å². The summed E-state index contributed by atoms with van der Waals surface area (Å²) in [5.41, 5.74) is 0.303. The van der Waals surface area contributed by atoms with Crippen LogP contribution in [0.4, 0.5) is 5.82 Å². The van der Waals surface area contributed by atoms with E-state index < -0.39 is 5.97 Å². The molecule has 2 rings (SSSR count). The minimum atomic E-state index is -0.467. The molecule has 0 aliphatic heterocycles. The molecule has 0 radical (unpaired) electrons. The van der Waals surface area contributed by atoms with Crippen LogP contribution in [0, 0.1) is 0 Å². The number of aromatic nitrogens is 4. The molecule has 0 bridgehead atoms. The number of carbonyl (C=O) groups is 1. The van der Waals surface area contributed by atoms with Crippen LogP contribution in [0.5, 0.6) is 0 Å². The van der Waals surface area contributed by atoms with E-state index in [0.717, 1.165) is 0 Å². The quantitative estimate of drug-likeness (QED) is 0.386. The first-order chi connectivity index (χ1) is 10.5. The summed E-state index contributed by atoms with van der Waals surface area (Å²) in [6, 6.07) is 3.26. The number of rotatable bonds is 5. The molecule has 0 aliphatic carbocycles. The molecule has 116 valence electrons. The summed E-state index contributed by atoms with van der Waals surface area (Å²) in [4.78, 5) is 18.1. The largest absolute Gasteiger partial charge is 0.462 e. The van der Waals surface area contributed by atoms with Crippen LogP contribution in [0.1, 0.15) is 17.3 Å². The average Bonchev–Trinajstić information content (AvgIpc) is 2.90. The molecule has 2 aromatic heterocycles. The van der Waals surface area contributed by atoms with Gasteiger partial charge < -0.3 is 9.64 Å². The number of aromatic amines is 1. The lowest BCUT2D eigenvalue weighted by Crippen LogP contribution is -2.34. The Labute approximate surface area is 132 Å². The number of nitrogens with zero attached hydrogens (tertiary/aromatic N) is 5. The maximum absolute atomic E-state index is 12.0. The van der Waals surface area contributed by atoms with Gasteiger partial charge in [0.2, 0.25) is 0 Å². The molecule has 0 unspecified atom stereocenters. The maximum atomic E-state index is 12.0. The van der Waals surface area contributed by atoms with Gasteiger partial charge in [-0.2, -0.15) is 0 Å². The monoisotopic (exact) mass is 323 g/mol. The highest BCUT2D eigenvalue weighted by atomic mass is 35.5. The molecule has 0 amide bonds. The molecule has 0 saturated heterocycles. The number of ether oxygens (including phenoxy) is 1. The van der Waals surface area contributed by atoms with Crippen molar-refractivity contribution in [2.75, 3.05) is 20.7 Å². The van der Waals surface area contributed by atoms with Gasteiger partial charge in [-0.25, -0.2) is 9.89 Å². The third-order valence-corrected chi connectivity index (χ3v) is 2.75. The fraction of sp³-hybridized carbons (Fsp3) is 0.308. The third kappa shape index (κ3) is 3.59. The van der Waals surface area contributed by atoms with Gasteiger partial charge >= 0.3 is 17.6 Å². The Kier molecular flexibility index (Phi) is 5.05. The first kappa shape index (κ1) is 15.9. The SMILES string of the molecule is CCOC(=O)c1c[nH][n+](-c2ccc(Cl)nn2)c1N=CN(C)C. The molecular formula is C13H16ClN6O2+. The second kappa shape index (κ2) is 6.99. The Morgan fingerprint density at radius 1 is 1.50 bits per heavy atom. The predicted molar refractivity (Wildman–Crippen MR) is 80.7 cm³/mol. The van der Waals surface area contributed by atoms with Crippen molar-refractivity contribution in [3.63, 3.8) is 0 Å². The first-order valence-corrected chi connectivity index (χ1v) is 6.91. The van der Waals surface area contributed by atoms with Crippen LogP contribution >= 0.6 is 11.6 Å². The van der Waals surface area contributed by atoms with Crippen LogP contribution in [0.15, 0.2) is 23.3 Å². The summed E-state index contributed by atoms with van der Waals surface area (Å²) in [5, 5.41) is 10.9. The number of carbonyl (C=O) groups excluding carboxylic acids is 1. The Hall–Kier alpha value is -2.48. The first-order valence-electron chi connectivity index (χ1n) is 6.53. The summed E-state index contributed by atoms with van der Waals surface area (Å²) in [7, 11) is 3.65. The molecular weight excluding hydrogens is 308 g/mol. The van der Waals surface area contributed by atoms with Gasteiger partial charge in [-0.15, -0.1) is 4.68 Å². The molecule has 0 spiro atoms. The van der Waals surface area contributed by atoms with E-state index in [1.807, 2.05) is 14.1 Å². The fourth-order valence-corrected chi connectivity index (χ4v) is 1.74. The number of hydrogen-bond donors (Lipinski definition) is 1. The number of H-pyrrole nitrogens is 1. The van der Waals surface area contributed by atoms with E-state index in [0.29, 0.717) is 17.2 Å². The second-order valence-electron chi connectivity index (χ2n) is 4.49. The standard InChI is InChI=1S/C13H15ClN6O2/c1-4-22-13(21)9-7-16-20(12(9)15-8-19(2)3)11-6-5-10(14)17-18-11/h5-8H,4H2,1-3H3/p+1. The summed E-state index contributed by atoms with van der Waals surface area (Å²) in [5.74, 6) is 0.347. The summed E-state index contributed by atoms with van der Waals surface area (Å²) >= 11 is 5.74. The van der Waals surface area contributed by atoms with Gasteiger partial charge in [0.1, 0.15) is 0 Å². The van der Waals surface area contributed by atoms with Crippen LogP contribution in [0.2, 0.25) is 5.15 Å². The van der Waals surface area contributed by atoms with E-state index in [1.54, 1.807) is 30.3 Å². The molecule has 22 heavy (non-hydrogen) atoms. The Morgan fingerprint density at radius 3 is 2.86 bits per heavy atom. The zero-order chi connectivity index (χ0) is 16.1. The summed E-state index contributed by atoms with van der Waals surface area (Å²) in [6.45, 7) is 2.02. The van der Waals surface area contributed by atoms with Crippen molar-refractivity contribution < 1.29 is 14.2 Å². The Morgan fingerprint density at radius 2 is 2.27 bits per heavy atom. The molecule has 1 N–H and O–H groups in total. The van der Waals surface area contributed by atoms with E-state index in [1.165, 1.54) is 10.9 Å². The zero-order valence-electron chi connectivity index (χ0n) is 12.4. The molecule has 2 heterocycles. The highest BCUT2D eigenvalue weighted by molar-refractivity contribution is 6.29. The lowest BCUT2D eigenvalue weighted by Gasteiger charge is -2.01. The van der Waals surface area contributed by atoms with Gasteiger partial charge in [-0.1, -0.05) is 21.7 Å². The number of aliphatic imine (C=N–C) groups is 1. The number of halogens is 1. The minimum absolute atomic E-state index is 0.278. The van der Waals surface area contributed by atoms with Gasteiger partial charge in [0.15, 0.2) is 17.1 Å². The highest BCUT2D eigenvalue weighted by Gasteiger charge is 2.25. The van der Waals surface area contributed by atoms with Crippen molar-refractivity contribution >= 4 is 29.7 Å². The van der Waals surface area contributed by atoms with E-state index in [4.69, 9.17) is 16.3 Å². The van der Waals surface area contributed by atoms with Gasteiger partial charge in [0.05, 0.1) is 12.8 Å². The van der Waals surface area contributed by atoms with Crippen molar-refractivity contribution in [1.82, 2.24) is 20.2 Å². The van der Waals surface area contributed by atoms with E-state index in [2.05, 4.69) is 20.3 Å². The minimum Gasteiger partial charge on any atom is -0.462 e. The molecule has 0 atom stereocenters. The number of hydrogen-bond acceptors (Lipinski definition) is 5. The van der Waals surface area contributed by atoms with Gasteiger partial charge in [0, 0.05) is 25.3 Å². The molecule has 0 saturated carbocycles. The van der Waals surface area contributed by atoms with E-state index in [9.17, 15) is 4.79 Å². The normalized spacial score (nSPS) is 10.9. The molecule has 9 heteroatoms. The van der Waals surface area contributed by atoms with Crippen molar-refractivity contribution in [1.29, 1.82) is 0 Å². The molecule has 2 aromatic rings. The number of esters is 1. The Balaban J connectivity index is 2.49. The predicted octanol–water partition coefficient (Wildman–Crippen LogP) is 1.13. The van der Waals surface area contributed by atoms with Crippen LogP contribution in [-0.4, -0.2) is 53.2 Å². The maximum Gasteiger partial charge on any atom is 0.346 e. The molecule has 8 nitrogen and oxygen atoms in total. The Bertz CT molecular complexity index is 680. The van der Waals surface area contributed by atoms with E-state index in [-0.39, 0.29) is 11.8 Å². The van der Waals surface area contributed by atoms with E-state index >= 15 is 0 Å². The third-order valence-electron chi connectivity index (χ3n) is 2.54. The van der Waals surface area contributed by atoms with Crippen LogP contribution in [0.3, 0.4) is 0 Å². The van der Waals surface area contributed by atoms with Gasteiger partial charge in [-0.05, 0) is 13.0 Å². The fourth-order valence-electron chi connectivity index (χ4n) is 1.63. The molecule has 0 fully saturated rings. The summed E-state index contributed by atoms with van der Waals surface area (Å²) in [6.07, 6.45) is 3.09. The van der Waals surface area contributed by atoms with Crippen molar-refractivity contribution in [3.8, 4) is 5.82 Å². The molecule has 0 aliphatic rings. The highest BCUT2D eigenvalue weighted by Crippen LogP contribution is 2.16. The smallest absolute Gasteiger partial charge is 0.346 e. The van der Waals surface area contributed by atoms with Gasteiger partial charge in [0.25, 0.3) is 0 Å². The van der Waals surface area contributed by atoms with Crippen molar-refractivity contribution in [3.05, 3.63) is 29.0 Å². The molecule has 0 aromatic carbocycles. The van der Waals surface area contributed by atoms with Crippen LogP contribution in [-0.2, 0) is 4.74 Å². The topological polar surface area (TPSA) is 87.3 Å². The zero-order valence-corrected chi connectivity index (χ0v) is 13.2. The van der Waals surface area contributed by atoms with Crippen LogP contribution < -0.4 is 4.68 Å². The lowest BCUT2D eigenvalue weighted by molar-refractivity contribution is -0.646. The van der Waals surface area contributed by atoms with Crippen molar-refractivity contribution in [2.24, 2.45) is 4.99 Å². The van der Waals surface area contributed by atoms with Crippen molar-refractivity contribution in [2.45, 2.75) is 6.92 Å². The lowest BCUT2D eigenvalue weighted by atomic mass is 10.3. The number of nitrogens with one attached hydrogen (secondary N) is 1. The second-order valence-corrected chi connectivity index (χ2v) is 4.88. The average molecular weight is 324 g/mol. The van der Waals surface area contributed by atoms with Crippen LogP contribution in [0.25, 0.3) is 5.82 Å². The summed E-state index contributed by atoms with van der Waals surface area (Å²) < 4.78 is 6.55.